The second-order valence-electron chi connectivity index (χ2n) is 3.13. The van der Waals surface area contributed by atoms with Gasteiger partial charge in [-0.15, -0.1) is 0 Å². The van der Waals surface area contributed by atoms with E-state index in [1.54, 1.807) is 24.3 Å². The average molecular weight is 204 g/mol. The Bertz CT molecular complexity index is 474. The van der Waals surface area contributed by atoms with E-state index < -0.39 is 17.6 Å². The number of rotatable bonds is 1. The standard InChI is InChI=1S/C10H8N2O3/c11-6-3-1-5(2-4-6)7-8(13)10(15)12-9(7)14/h1-4H,11H2,(H2,12,13,14,15). The minimum absolute atomic E-state index is 0.0139. The maximum absolute atomic E-state index is 11.3. The maximum Gasteiger partial charge on any atom is 0.293 e. The summed E-state index contributed by atoms with van der Waals surface area (Å²) in [6, 6.07) is 6.31. The van der Waals surface area contributed by atoms with Crippen LogP contribution < -0.4 is 11.1 Å². The summed E-state index contributed by atoms with van der Waals surface area (Å²) in [4.78, 5) is 22.3. The minimum Gasteiger partial charge on any atom is -0.502 e. The van der Waals surface area contributed by atoms with E-state index in [1.807, 2.05) is 5.32 Å². The van der Waals surface area contributed by atoms with Gasteiger partial charge in [0.15, 0.2) is 5.76 Å². The molecule has 0 aliphatic carbocycles. The zero-order chi connectivity index (χ0) is 11.0. The van der Waals surface area contributed by atoms with E-state index in [1.165, 1.54) is 0 Å². The Morgan fingerprint density at radius 2 is 1.67 bits per heavy atom. The highest BCUT2D eigenvalue weighted by molar-refractivity contribution is 6.35. The van der Waals surface area contributed by atoms with Crippen molar-refractivity contribution in [1.82, 2.24) is 5.32 Å². The highest BCUT2D eigenvalue weighted by atomic mass is 16.3. The molecule has 76 valence electrons. The molecule has 1 aromatic rings. The maximum atomic E-state index is 11.3. The first-order valence-electron chi connectivity index (χ1n) is 4.24. The third kappa shape index (κ3) is 1.43. The number of carbonyl (C=O) groups excluding carboxylic acids is 2. The normalized spacial score (nSPS) is 15.7. The Morgan fingerprint density at radius 1 is 1.07 bits per heavy atom. The van der Waals surface area contributed by atoms with Crippen LogP contribution in [-0.4, -0.2) is 16.9 Å². The van der Waals surface area contributed by atoms with Gasteiger partial charge < -0.3 is 10.8 Å². The van der Waals surface area contributed by atoms with Gasteiger partial charge in [-0.05, 0) is 17.7 Å². The van der Waals surface area contributed by atoms with Crippen LogP contribution >= 0.6 is 0 Å². The summed E-state index contributed by atoms with van der Waals surface area (Å²) in [7, 11) is 0. The number of nitrogen functional groups attached to an aromatic ring is 1. The summed E-state index contributed by atoms with van der Waals surface area (Å²) in [6.07, 6.45) is 0. The third-order valence-corrected chi connectivity index (χ3v) is 2.11. The van der Waals surface area contributed by atoms with E-state index in [-0.39, 0.29) is 5.57 Å². The number of hydrogen-bond donors (Lipinski definition) is 3. The number of aliphatic hydroxyl groups is 1. The molecular weight excluding hydrogens is 196 g/mol. The van der Waals surface area contributed by atoms with E-state index in [0.717, 1.165) is 0 Å². The number of amides is 2. The molecule has 1 aromatic carbocycles. The Labute approximate surface area is 85.2 Å². The zero-order valence-electron chi connectivity index (χ0n) is 7.65. The van der Waals surface area contributed by atoms with Crippen LogP contribution in [0.15, 0.2) is 30.0 Å². The van der Waals surface area contributed by atoms with E-state index in [2.05, 4.69) is 0 Å². The van der Waals surface area contributed by atoms with Gasteiger partial charge in [0.2, 0.25) is 0 Å². The fourth-order valence-electron chi connectivity index (χ4n) is 1.36. The summed E-state index contributed by atoms with van der Waals surface area (Å²) in [5, 5.41) is 11.4. The predicted molar refractivity (Wildman–Crippen MR) is 53.6 cm³/mol. The van der Waals surface area contributed by atoms with Crippen LogP contribution in [0.3, 0.4) is 0 Å². The Balaban J connectivity index is 2.51. The van der Waals surface area contributed by atoms with Crippen LogP contribution in [0.1, 0.15) is 5.56 Å². The molecule has 1 aliphatic rings. The van der Waals surface area contributed by atoms with Crippen LogP contribution in [-0.2, 0) is 9.59 Å². The molecule has 0 saturated carbocycles. The van der Waals surface area contributed by atoms with Crippen LogP contribution in [0, 0.1) is 0 Å². The van der Waals surface area contributed by atoms with Gasteiger partial charge in [-0.3, -0.25) is 14.9 Å². The molecule has 5 heteroatoms. The number of nitrogens with one attached hydrogen (secondary N) is 1. The fourth-order valence-corrected chi connectivity index (χ4v) is 1.36. The molecule has 2 amide bonds. The number of hydrogen-bond acceptors (Lipinski definition) is 4. The number of carbonyl (C=O) groups is 2. The van der Waals surface area contributed by atoms with Crippen molar-refractivity contribution in [2.45, 2.75) is 0 Å². The Kier molecular flexibility index (Phi) is 1.93. The molecule has 4 N–H and O–H groups in total. The van der Waals surface area contributed by atoms with Crippen molar-refractivity contribution in [3.05, 3.63) is 35.6 Å². The smallest absolute Gasteiger partial charge is 0.293 e. The first-order valence-corrected chi connectivity index (χ1v) is 4.24. The van der Waals surface area contributed by atoms with Crippen LogP contribution in [0.5, 0.6) is 0 Å². The molecule has 0 aromatic heterocycles. The molecule has 0 radical (unpaired) electrons. The number of anilines is 1. The first-order chi connectivity index (χ1) is 7.09. The van der Waals surface area contributed by atoms with E-state index in [4.69, 9.17) is 5.73 Å². The Hall–Kier alpha value is -2.30. The van der Waals surface area contributed by atoms with Gasteiger partial charge in [-0.25, -0.2) is 0 Å². The average Bonchev–Trinajstić information content (AvgIpc) is 2.44. The molecule has 5 nitrogen and oxygen atoms in total. The molecule has 15 heavy (non-hydrogen) atoms. The third-order valence-electron chi connectivity index (χ3n) is 2.11. The largest absolute Gasteiger partial charge is 0.502 e. The van der Waals surface area contributed by atoms with Gasteiger partial charge in [0, 0.05) is 5.69 Å². The van der Waals surface area contributed by atoms with E-state index >= 15 is 0 Å². The summed E-state index contributed by atoms with van der Waals surface area (Å²) in [6.45, 7) is 0. The van der Waals surface area contributed by atoms with Crippen molar-refractivity contribution in [2.24, 2.45) is 0 Å². The molecule has 0 spiro atoms. The van der Waals surface area contributed by atoms with Crippen molar-refractivity contribution < 1.29 is 14.7 Å². The summed E-state index contributed by atoms with van der Waals surface area (Å²) in [5.41, 5.74) is 6.47. The SMILES string of the molecule is Nc1ccc(C2=C(O)C(=O)NC2=O)cc1. The number of nitrogens with two attached hydrogens (primary N) is 1. The first kappa shape index (κ1) is 9.26. The lowest BCUT2D eigenvalue weighted by atomic mass is 10.1. The molecule has 0 fully saturated rings. The van der Waals surface area contributed by atoms with Crippen LogP contribution in [0.4, 0.5) is 5.69 Å². The lowest BCUT2D eigenvalue weighted by molar-refractivity contribution is -0.124. The molecule has 1 aliphatic heterocycles. The van der Waals surface area contributed by atoms with Crippen molar-refractivity contribution in [1.29, 1.82) is 0 Å². The van der Waals surface area contributed by atoms with Gasteiger partial charge in [0.25, 0.3) is 11.8 Å². The van der Waals surface area contributed by atoms with Crippen molar-refractivity contribution in [3.8, 4) is 0 Å². The number of benzene rings is 1. The molecule has 0 bridgehead atoms. The summed E-state index contributed by atoms with van der Waals surface area (Å²) >= 11 is 0. The van der Waals surface area contributed by atoms with Crippen LogP contribution in [0.2, 0.25) is 0 Å². The van der Waals surface area contributed by atoms with Gasteiger partial charge in [0.1, 0.15) is 0 Å². The quantitative estimate of drug-likeness (QED) is 0.450. The Morgan fingerprint density at radius 3 is 2.13 bits per heavy atom. The minimum atomic E-state index is -0.771. The highest BCUT2D eigenvalue weighted by Crippen LogP contribution is 2.22. The van der Waals surface area contributed by atoms with E-state index in [9.17, 15) is 14.7 Å². The molecule has 0 unspecified atom stereocenters. The molecule has 0 atom stereocenters. The lowest BCUT2D eigenvalue weighted by Gasteiger charge is -2.00. The number of aliphatic hydroxyl groups excluding tert-OH is 1. The van der Waals surface area contributed by atoms with Gasteiger partial charge in [-0.1, -0.05) is 12.1 Å². The zero-order valence-corrected chi connectivity index (χ0v) is 7.65. The fraction of sp³-hybridized carbons (Fsp3) is 0. The van der Waals surface area contributed by atoms with Gasteiger partial charge >= 0.3 is 0 Å². The molecule has 2 rings (SSSR count). The lowest BCUT2D eigenvalue weighted by Crippen LogP contribution is -2.22. The summed E-state index contributed by atoms with van der Waals surface area (Å²) in [5.74, 6) is -1.92. The van der Waals surface area contributed by atoms with Gasteiger partial charge in [-0.2, -0.15) is 0 Å². The van der Waals surface area contributed by atoms with E-state index in [0.29, 0.717) is 11.3 Å². The molecule has 1 heterocycles. The molecular formula is C10H8N2O3. The van der Waals surface area contributed by atoms with Crippen molar-refractivity contribution >= 4 is 23.1 Å². The second kappa shape index (κ2) is 3.13. The summed E-state index contributed by atoms with van der Waals surface area (Å²) < 4.78 is 0. The van der Waals surface area contributed by atoms with Crippen molar-refractivity contribution in [3.63, 3.8) is 0 Å². The van der Waals surface area contributed by atoms with Crippen molar-refractivity contribution in [2.75, 3.05) is 5.73 Å². The number of imide groups is 1. The topological polar surface area (TPSA) is 92.4 Å². The molecule has 0 saturated heterocycles. The second-order valence-corrected chi connectivity index (χ2v) is 3.13. The predicted octanol–water partition coefficient (Wildman–Crippen LogP) is 0.194. The highest BCUT2D eigenvalue weighted by Gasteiger charge is 2.30. The van der Waals surface area contributed by atoms with Gasteiger partial charge in [0.05, 0.1) is 5.57 Å². The monoisotopic (exact) mass is 204 g/mol. The van der Waals surface area contributed by atoms with Crippen LogP contribution in [0.25, 0.3) is 5.57 Å².